The van der Waals surface area contributed by atoms with Gasteiger partial charge in [-0.3, -0.25) is 9.10 Å². The van der Waals surface area contributed by atoms with E-state index in [4.69, 9.17) is 23.2 Å². The Balaban J connectivity index is 1.83. The number of anilines is 1. The quantitative estimate of drug-likeness (QED) is 0.578. The zero-order chi connectivity index (χ0) is 20.9. The molecule has 29 heavy (non-hydrogen) atoms. The van der Waals surface area contributed by atoms with Crippen molar-refractivity contribution in [2.45, 2.75) is 11.4 Å². The Hall–Kier alpha value is -2.54. The molecular weight excluding hydrogens is 431 g/mol. The van der Waals surface area contributed by atoms with Gasteiger partial charge in [0.05, 0.1) is 10.6 Å². The Bertz CT molecular complexity index is 1090. The fourth-order valence-corrected chi connectivity index (χ4v) is 4.40. The lowest BCUT2D eigenvalue weighted by molar-refractivity contribution is -0.119. The zero-order valence-corrected chi connectivity index (χ0v) is 17.6. The van der Waals surface area contributed by atoms with Crippen molar-refractivity contribution in [3.05, 3.63) is 94.5 Å². The van der Waals surface area contributed by atoms with Gasteiger partial charge in [0.25, 0.3) is 10.0 Å². The van der Waals surface area contributed by atoms with Crippen LogP contribution in [-0.2, 0) is 21.4 Å². The molecule has 3 rings (SSSR count). The maximum absolute atomic E-state index is 13.2. The Morgan fingerprint density at radius 2 is 1.55 bits per heavy atom. The van der Waals surface area contributed by atoms with E-state index in [0.29, 0.717) is 15.7 Å². The number of nitrogens with zero attached hydrogens (tertiary/aromatic N) is 1. The Kier molecular flexibility index (Phi) is 6.79. The molecule has 8 heteroatoms. The fourth-order valence-electron chi connectivity index (χ4n) is 2.66. The van der Waals surface area contributed by atoms with Gasteiger partial charge in [0.15, 0.2) is 0 Å². The average molecular weight is 449 g/mol. The minimum Gasteiger partial charge on any atom is -0.350 e. The molecule has 0 radical (unpaired) electrons. The Morgan fingerprint density at radius 3 is 2.21 bits per heavy atom. The second kappa shape index (κ2) is 9.31. The molecule has 0 aromatic heterocycles. The third-order valence-corrected chi connectivity index (χ3v) is 6.39. The van der Waals surface area contributed by atoms with Crippen LogP contribution in [0.2, 0.25) is 10.0 Å². The molecule has 1 amide bonds. The van der Waals surface area contributed by atoms with E-state index < -0.39 is 15.9 Å². The summed E-state index contributed by atoms with van der Waals surface area (Å²) >= 11 is 11.9. The van der Waals surface area contributed by atoms with Crippen LogP contribution >= 0.6 is 23.2 Å². The van der Waals surface area contributed by atoms with Crippen molar-refractivity contribution in [1.82, 2.24) is 5.32 Å². The third-order valence-electron chi connectivity index (χ3n) is 4.12. The van der Waals surface area contributed by atoms with Crippen molar-refractivity contribution in [2.24, 2.45) is 0 Å². The molecule has 5 nitrogen and oxygen atoms in total. The predicted molar refractivity (Wildman–Crippen MR) is 116 cm³/mol. The van der Waals surface area contributed by atoms with Crippen molar-refractivity contribution in [1.29, 1.82) is 0 Å². The minimum atomic E-state index is -3.96. The molecule has 3 aromatic carbocycles. The van der Waals surface area contributed by atoms with Crippen LogP contribution in [0.3, 0.4) is 0 Å². The lowest BCUT2D eigenvalue weighted by atomic mass is 10.2. The van der Waals surface area contributed by atoms with Gasteiger partial charge in [0.1, 0.15) is 6.54 Å². The van der Waals surface area contributed by atoms with E-state index in [1.165, 1.54) is 18.2 Å². The highest BCUT2D eigenvalue weighted by molar-refractivity contribution is 7.92. The summed E-state index contributed by atoms with van der Waals surface area (Å²) in [6.45, 7) is -0.129. The molecule has 0 aliphatic rings. The van der Waals surface area contributed by atoms with Crippen LogP contribution in [0.25, 0.3) is 0 Å². The first-order valence-electron chi connectivity index (χ1n) is 8.71. The predicted octanol–water partition coefficient (Wildman–Crippen LogP) is 4.51. The zero-order valence-electron chi connectivity index (χ0n) is 15.3. The maximum atomic E-state index is 13.2. The summed E-state index contributed by atoms with van der Waals surface area (Å²) in [5.41, 5.74) is 1.16. The van der Waals surface area contributed by atoms with Gasteiger partial charge < -0.3 is 5.32 Å². The summed E-state index contributed by atoms with van der Waals surface area (Å²) < 4.78 is 27.4. The monoisotopic (exact) mass is 448 g/mol. The molecule has 0 spiro atoms. The van der Waals surface area contributed by atoms with Gasteiger partial charge in [-0.1, -0.05) is 59.6 Å². The maximum Gasteiger partial charge on any atom is 0.264 e. The van der Waals surface area contributed by atoms with Crippen LogP contribution in [0.4, 0.5) is 5.69 Å². The van der Waals surface area contributed by atoms with Gasteiger partial charge >= 0.3 is 0 Å². The smallest absolute Gasteiger partial charge is 0.264 e. The molecule has 0 heterocycles. The molecule has 0 unspecified atom stereocenters. The lowest BCUT2D eigenvalue weighted by Gasteiger charge is -2.24. The number of rotatable bonds is 7. The molecule has 150 valence electrons. The van der Waals surface area contributed by atoms with Gasteiger partial charge in [0, 0.05) is 16.6 Å². The van der Waals surface area contributed by atoms with Crippen LogP contribution in [0.1, 0.15) is 5.56 Å². The minimum absolute atomic E-state index is 0.0884. The van der Waals surface area contributed by atoms with Gasteiger partial charge in [-0.15, -0.1) is 0 Å². The summed E-state index contributed by atoms with van der Waals surface area (Å²) in [6.07, 6.45) is 0. The van der Waals surface area contributed by atoms with E-state index in [1.807, 2.05) is 0 Å². The molecule has 0 fully saturated rings. The summed E-state index contributed by atoms with van der Waals surface area (Å²) in [5.74, 6) is -0.445. The number of hydrogen-bond acceptors (Lipinski definition) is 3. The van der Waals surface area contributed by atoms with Gasteiger partial charge in [0.2, 0.25) is 5.91 Å². The van der Waals surface area contributed by atoms with Crippen molar-refractivity contribution >= 4 is 44.8 Å². The van der Waals surface area contributed by atoms with Crippen LogP contribution in [0.5, 0.6) is 0 Å². The molecule has 0 saturated heterocycles. The van der Waals surface area contributed by atoms with Crippen LogP contribution in [-0.4, -0.2) is 20.9 Å². The largest absolute Gasteiger partial charge is 0.350 e. The number of nitrogens with one attached hydrogen (secondary N) is 1. The number of sulfonamides is 1. The van der Waals surface area contributed by atoms with Gasteiger partial charge in [-0.25, -0.2) is 8.42 Å². The van der Waals surface area contributed by atoms with Crippen LogP contribution < -0.4 is 9.62 Å². The first kappa shape index (κ1) is 21.2. The number of carbonyl (C=O) groups excluding carboxylic acids is 1. The Morgan fingerprint density at radius 1 is 0.862 bits per heavy atom. The SMILES string of the molecule is O=C(CN(c1cccc(Cl)c1)S(=O)(=O)c1ccccc1)NCc1ccc(Cl)cc1. The molecule has 0 aliphatic carbocycles. The molecule has 1 N–H and O–H groups in total. The first-order chi connectivity index (χ1) is 13.9. The van der Waals surface area contributed by atoms with Crippen LogP contribution in [0.15, 0.2) is 83.8 Å². The van der Waals surface area contributed by atoms with E-state index >= 15 is 0 Å². The average Bonchev–Trinajstić information content (AvgIpc) is 2.72. The number of hydrogen-bond donors (Lipinski definition) is 1. The fraction of sp³-hybridized carbons (Fsp3) is 0.0952. The summed E-state index contributed by atoms with van der Waals surface area (Å²) in [5, 5.41) is 3.71. The van der Waals surface area contributed by atoms with E-state index in [0.717, 1.165) is 9.87 Å². The van der Waals surface area contributed by atoms with E-state index in [1.54, 1.807) is 60.7 Å². The van der Waals surface area contributed by atoms with Crippen LogP contribution in [0, 0.1) is 0 Å². The second-order valence-corrected chi connectivity index (χ2v) is 8.94. The normalized spacial score (nSPS) is 11.1. The number of benzene rings is 3. The number of halogens is 2. The molecule has 0 atom stereocenters. The summed E-state index contributed by atoms with van der Waals surface area (Å²) in [7, 11) is -3.96. The molecule has 3 aromatic rings. The standard InChI is InChI=1S/C21H18Cl2N2O3S/c22-17-11-9-16(10-12-17)14-24-21(26)15-25(19-6-4-5-18(23)13-19)29(27,28)20-7-2-1-3-8-20/h1-13H,14-15H2,(H,24,26). The summed E-state index contributed by atoms with van der Waals surface area (Å²) in [4.78, 5) is 12.6. The third kappa shape index (κ3) is 5.50. The van der Waals surface area contributed by atoms with E-state index in [9.17, 15) is 13.2 Å². The van der Waals surface area contributed by atoms with Crippen molar-refractivity contribution < 1.29 is 13.2 Å². The van der Waals surface area contributed by atoms with E-state index in [-0.39, 0.29) is 18.0 Å². The van der Waals surface area contributed by atoms with Crippen molar-refractivity contribution in [3.63, 3.8) is 0 Å². The van der Waals surface area contributed by atoms with E-state index in [2.05, 4.69) is 5.32 Å². The molecule has 0 saturated carbocycles. The van der Waals surface area contributed by atoms with Crippen molar-refractivity contribution in [3.8, 4) is 0 Å². The highest BCUT2D eigenvalue weighted by Crippen LogP contribution is 2.26. The van der Waals surface area contributed by atoms with Gasteiger partial charge in [-0.2, -0.15) is 0 Å². The lowest BCUT2D eigenvalue weighted by Crippen LogP contribution is -2.40. The Labute approximate surface area is 179 Å². The highest BCUT2D eigenvalue weighted by atomic mass is 35.5. The topological polar surface area (TPSA) is 66.5 Å². The highest BCUT2D eigenvalue weighted by Gasteiger charge is 2.27. The first-order valence-corrected chi connectivity index (χ1v) is 10.9. The van der Waals surface area contributed by atoms with Crippen molar-refractivity contribution in [2.75, 3.05) is 10.8 Å². The molecule has 0 bridgehead atoms. The molecule has 0 aliphatic heterocycles. The summed E-state index contributed by atoms with van der Waals surface area (Å²) in [6, 6.07) is 21.4. The molecular formula is C21H18Cl2N2O3S. The van der Waals surface area contributed by atoms with Gasteiger partial charge in [-0.05, 0) is 48.0 Å². The second-order valence-electron chi connectivity index (χ2n) is 6.21. The number of amides is 1. The number of carbonyl (C=O) groups is 1.